The molecule has 2 rings (SSSR count). The molecule has 1 atom stereocenters. The highest BCUT2D eigenvalue weighted by molar-refractivity contribution is 5.35. The second-order valence-electron chi connectivity index (χ2n) is 4.82. The number of fused-ring (bicyclic) bond motifs is 1. The van der Waals surface area contributed by atoms with Crippen LogP contribution in [-0.2, 0) is 19.4 Å². The van der Waals surface area contributed by atoms with E-state index in [1.54, 1.807) is 11.1 Å². The van der Waals surface area contributed by atoms with Crippen molar-refractivity contribution in [2.75, 3.05) is 6.54 Å². The van der Waals surface area contributed by atoms with Gasteiger partial charge < -0.3 is 11.1 Å². The molecule has 0 aromatic heterocycles. The van der Waals surface area contributed by atoms with Gasteiger partial charge in [0.05, 0.1) is 0 Å². The maximum Gasteiger partial charge on any atom is 0.0208 e. The van der Waals surface area contributed by atoms with Gasteiger partial charge in [0, 0.05) is 12.6 Å². The van der Waals surface area contributed by atoms with Crippen LogP contribution >= 0.6 is 0 Å². The summed E-state index contributed by atoms with van der Waals surface area (Å²) in [6, 6.07) is 7.43. The molecule has 2 nitrogen and oxygen atoms in total. The van der Waals surface area contributed by atoms with Crippen molar-refractivity contribution in [1.29, 1.82) is 0 Å². The molecule has 88 valence electrons. The predicted molar refractivity (Wildman–Crippen MR) is 68.4 cm³/mol. The van der Waals surface area contributed by atoms with Crippen molar-refractivity contribution in [3.05, 3.63) is 34.9 Å². The van der Waals surface area contributed by atoms with Crippen molar-refractivity contribution in [3.63, 3.8) is 0 Å². The van der Waals surface area contributed by atoms with Crippen LogP contribution in [0.15, 0.2) is 18.2 Å². The molecular weight excluding hydrogens is 196 g/mol. The van der Waals surface area contributed by atoms with Gasteiger partial charge in [-0.1, -0.05) is 18.2 Å². The summed E-state index contributed by atoms with van der Waals surface area (Å²) >= 11 is 0. The van der Waals surface area contributed by atoms with E-state index < -0.39 is 0 Å². The maximum absolute atomic E-state index is 5.53. The van der Waals surface area contributed by atoms with E-state index >= 15 is 0 Å². The third kappa shape index (κ3) is 2.83. The molecule has 0 saturated heterocycles. The molecule has 0 amide bonds. The van der Waals surface area contributed by atoms with Gasteiger partial charge in [0.2, 0.25) is 0 Å². The molecule has 0 bridgehead atoms. The summed E-state index contributed by atoms with van der Waals surface area (Å²) in [5.41, 5.74) is 10.1. The highest BCUT2D eigenvalue weighted by Gasteiger charge is 2.10. The summed E-state index contributed by atoms with van der Waals surface area (Å²) < 4.78 is 0. The van der Waals surface area contributed by atoms with E-state index in [4.69, 9.17) is 5.73 Å². The molecule has 1 aromatic carbocycles. The summed E-state index contributed by atoms with van der Waals surface area (Å²) in [7, 11) is 0. The first-order valence-electron chi connectivity index (χ1n) is 6.33. The van der Waals surface area contributed by atoms with E-state index in [0.717, 1.165) is 19.5 Å². The largest absolute Gasteiger partial charge is 0.330 e. The first-order valence-corrected chi connectivity index (χ1v) is 6.33. The Kier molecular flexibility index (Phi) is 3.97. The van der Waals surface area contributed by atoms with Gasteiger partial charge in [-0.25, -0.2) is 0 Å². The maximum atomic E-state index is 5.53. The fourth-order valence-electron chi connectivity index (χ4n) is 2.38. The lowest BCUT2D eigenvalue weighted by Crippen LogP contribution is -2.27. The Hall–Kier alpha value is -0.860. The second-order valence-corrected chi connectivity index (χ2v) is 4.82. The Morgan fingerprint density at radius 1 is 1.31 bits per heavy atom. The van der Waals surface area contributed by atoms with Crippen LogP contribution in [0.4, 0.5) is 0 Å². The van der Waals surface area contributed by atoms with Crippen LogP contribution in [0.2, 0.25) is 0 Å². The molecular formula is C14H22N2. The molecule has 0 heterocycles. The van der Waals surface area contributed by atoms with Crippen molar-refractivity contribution >= 4 is 0 Å². The molecule has 3 N–H and O–H groups in total. The average molecular weight is 218 g/mol. The lowest BCUT2D eigenvalue weighted by atomic mass is 10.1. The monoisotopic (exact) mass is 218 g/mol. The van der Waals surface area contributed by atoms with E-state index in [0.29, 0.717) is 6.04 Å². The van der Waals surface area contributed by atoms with Gasteiger partial charge in [0.25, 0.3) is 0 Å². The fraction of sp³-hybridized carbons (Fsp3) is 0.571. The molecule has 0 fully saturated rings. The van der Waals surface area contributed by atoms with E-state index in [9.17, 15) is 0 Å². The van der Waals surface area contributed by atoms with Gasteiger partial charge >= 0.3 is 0 Å². The van der Waals surface area contributed by atoms with Crippen molar-refractivity contribution < 1.29 is 0 Å². The first-order chi connectivity index (χ1) is 7.79. The highest BCUT2D eigenvalue weighted by Crippen LogP contribution is 2.22. The molecule has 0 saturated carbocycles. The molecule has 0 spiro atoms. The van der Waals surface area contributed by atoms with Crippen molar-refractivity contribution in [3.8, 4) is 0 Å². The van der Waals surface area contributed by atoms with Crippen LogP contribution in [0, 0.1) is 0 Å². The first kappa shape index (κ1) is 11.6. The highest BCUT2D eigenvalue weighted by atomic mass is 14.9. The van der Waals surface area contributed by atoms with E-state index in [1.807, 2.05) is 0 Å². The predicted octanol–water partition coefficient (Wildman–Crippen LogP) is 2.00. The molecule has 1 aliphatic carbocycles. The quantitative estimate of drug-likeness (QED) is 0.793. The minimum Gasteiger partial charge on any atom is -0.330 e. The minimum absolute atomic E-state index is 0.512. The number of hydrogen-bond donors (Lipinski definition) is 2. The Balaban J connectivity index is 1.90. The topological polar surface area (TPSA) is 38.0 Å². The van der Waals surface area contributed by atoms with E-state index in [2.05, 4.69) is 30.4 Å². The lowest BCUT2D eigenvalue weighted by molar-refractivity contribution is 0.519. The van der Waals surface area contributed by atoms with Crippen LogP contribution in [-0.4, -0.2) is 12.6 Å². The zero-order valence-corrected chi connectivity index (χ0v) is 10.1. The Bertz CT molecular complexity index is 347. The molecule has 1 aliphatic rings. The van der Waals surface area contributed by atoms with Gasteiger partial charge in [-0.2, -0.15) is 0 Å². The van der Waals surface area contributed by atoms with Gasteiger partial charge in [0.15, 0.2) is 0 Å². The molecule has 2 heteroatoms. The molecule has 1 unspecified atom stereocenters. The smallest absolute Gasteiger partial charge is 0.0208 e. The Labute approximate surface area is 98.2 Å². The SMILES string of the molecule is CC(CCN)NCc1ccc2c(c1)CCC2. The normalized spacial score (nSPS) is 16.1. The van der Waals surface area contributed by atoms with Crippen LogP contribution in [0.5, 0.6) is 0 Å². The number of hydrogen-bond acceptors (Lipinski definition) is 2. The summed E-state index contributed by atoms with van der Waals surface area (Å²) in [5.74, 6) is 0. The second kappa shape index (κ2) is 5.46. The third-order valence-electron chi connectivity index (χ3n) is 3.42. The minimum atomic E-state index is 0.512. The number of nitrogens with two attached hydrogens (primary N) is 1. The van der Waals surface area contributed by atoms with Gasteiger partial charge in [-0.05, 0) is 55.8 Å². The van der Waals surface area contributed by atoms with Gasteiger partial charge in [-0.15, -0.1) is 0 Å². The number of aryl methyl sites for hydroxylation is 2. The van der Waals surface area contributed by atoms with Crippen LogP contribution in [0.3, 0.4) is 0 Å². The van der Waals surface area contributed by atoms with E-state index in [1.165, 1.54) is 24.8 Å². The Morgan fingerprint density at radius 2 is 2.12 bits per heavy atom. The molecule has 16 heavy (non-hydrogen) atoms. The third-order valence-corrected chi connectivity index (χ3v) is 3.42. The zero-order chi connectivity index (χ0) is 11.4. The van der Waals surface area contributed by atoms with Gasteiger partial charge in [-0.3, -0.25) is 0 Å². The molecule has 0 aliphatic heterocycles. The fourth-order valence-corrected chi connectivity index (χ4v) is 2.38. The molecule has 0 radical (unpaired) electrons. The number of rotatable bonds is 5. The van der Waals surface area contributed by atoms with Crippen molar-refractivity contribution in [2.45, 2.75) is 45.2 Å². The molecule has 1 aromatic rings. The summed E-state index contributed by atoms with van der Waals surface area (Å²) in [6.45, 7) is 3.92. The zero-order valence-electron chi connectivity index (χ0n) is 10.1. The van der Waals surface area contributed by atoms with Crippen LogP contribution in [0.1, 0.15) is 36.5 Å². The summed E-state index contributed by atoms with van der Waals surface area (Å²) in [6.07, 6.45) is 4.91. The standard InChI is InChI=1S/C14H22N2/c1-11(7-8-15)16-10-12-5-6-13-3-2-4-14(13)9-12/h5-6,9,11,16H,2-4,7-8,10,15H2,1H3. The van der Waals surface area contributed by atoms with Gasteiger partial charge in [0.1, 0.15) is 0 Å². The average Bonchev–Trinajstić information content (AvgIpc) is 2.74. The number of nitrogens with one attached hydrogen (secondary N) is 1. The van der Waals surface area contributed by atoms with Crippen molar-refractivity contribution in [2.24, 2.45) is 5.73 Å². The number of benzene rings is 1. The van der Waals surface area contributed by atoms with E-state index in [-0.39, 0.29) is 0 Å². The Morgan fingerprint density at radius 3 is 2.94 bits per heavy atom. The summed E-state index contributed by atoms with van der Waals surface area (Å²) in [5, 5.41) is 3.51. The summed E-state index contributed by atoms with van der Waals surface area (Å²) in [4.78, 5) is 0. The van der Waals surface area contributed by atoms with Crippen LogP contribution in [0.25, 0.3) is 0 Å². The van der Waals surface area contributed by atoms with Crippen LogP contribution < -0.4 is 11.1 Å². The van der Waals surface area contributed by atoms with Crippen molar-refractivity contribution in [1.82, 2.24) is 5.32 Å². The lowest BCUT2D eigenvalue weighted by Gasteiger charge is -2.13.